The molecule has 0 aliphatic carbocycles. The van der Waals surface area contributed by atoms with Gasteiger partial charge < -0.3 is 10.6 Å². The quantitative estimate of drug-likeness (QED) is 0.748. The van der Waals surface area contributed by atoms with Crippen LogP contribution in [0, 0.1) is 0 Å². The average Bonchev–Trinajstić information content (AvgIpc) is 3.06. The molecule has 0 spiro atoms. The summed E-state index contributed by atoms with van der Waals surface area (Å²) in [6.45, 7) is 0.571. The molecule has 1 aromatic heterocycles. The van der Waals surface area contributed by atoms with E-state index in [0.717, 1.165) is 5.56 Å². The summed E-state index contributed by atoms with van der Waals surface area (Å²) in [6, 6.07) is 16.2. The molecule has 0 saturated carbocycles. The molecule has 1 saturated heterocycles. The van der Waals surface area contributed by atoms with Crippen LogP contribution in [-0.4, -0.2) is 29.4 Å². The number of fused-ring (bicyclic) bond motifs is 1. The van der Waals surface area contributed by atoms with Crippen LogP contribution in [0.15, 0.2) is 54.6 Å². The van der Waals surface area contributed by atoms with E-state index in [1.54, 1.807) is 24.3 Å². The van der Waals surface area contributed by atoms with Gasteiger partial charge in [-0.15, -0.1) is 0 Å². The molecule has 3 aromatic rings. The van der Waals surface area contributed by atoms with Crippen molar-refractivity contribution in [2.75, 3.05) is 6.54 Å². The molecule has 1 fully saturated rings. The van der Waals surface area contributed by atoms with E-state index in [-0.39, 0.29) is 11.8 Å². The molecule has 2 heterocycles. The smallest absolute Gasteiger partial charge is 0.252 e. The molecule has 130 valence electrons. The molecule has 0 radical (unpaired) electrons. The van der Waals surface area contributed by atoms with Gasteiger partial charge in [-0.1, -0.05) is 41.9 Å². The summed E-state index contributed by atoms with van der Waals surface area (Å²) in [4.78, 5) is 29.3. The highest BCUT2D eigenvalue weighted by Gasteiger charge is 2.26. The lowest BCUT2D eigenvalue weighted by molar-refractivity contribution is -0.120. The van der Waals surface area contributed by atoms with E-state index in [2.05, 4.69) is 15.6 Å². The molecule has 1 atom stereocenters. The van der Waals surface area contributed by atoms with Gasteiger partial charge in [-0.2, -0.15) is 0 Å². The van der Waals surface area contributed by atoms with Crippen LogP contribution in [0.1, 0.15) is 16.8 Å². The summed E-state index contributed by atoms with van der Waals surface area (Å²) in [5.74, 6) is -0.461. The molecule has 1 aliphatic heterocycles. The van der Waals surface area contributed by atoms with Crippen LogP contribution in [0.5, 0.6) is 0 Å². The van der Waals surface area contributed by atoms with E-state index in [1.165, 1.54) is 0 Å². The Bertz CT molecular complexity index is 1000. The van der Waals surface area contributed by atoms with E-state index in [1.807, 2.05) is 30.3 Å². The summed E-state index contributed by atoms with van der Waals surface area (Å²) in [7, 11) is 0. The van der Waals surface area contributed by atoms with Crippen molar-refractivity contribution in [3.05, 3.63) is 65.2 Å². The molecule has 2 N–H and O–H groups in total. The standard InChI is InChI=1S/C20H16ClN3O2/c21-13-6-7-16-14(10-13)15(19(25)24-17-8-9-22-20(17)26)11-18(23-16)12-4-2-1-3-5-12/h1-7,10-11,17H,8-9H2,(H,22,26)(H,24,25)/t17-/m0/s1. The van der Waals surface area contributed by atoms with Gasteiger partial charge >= 0.3 is 0 Å². The first-order valence-electron chi connectivity index (χ1n) is 8.36. The fourth-order valence-corrected chi connectivity index (χ4v) is 3.28. The van der Waals surface area contributed by atoms with E-state index in [9.17, 15) is 9.59 Å². The van der Waals surface area contributed by atoms with Gasteiger partial charge in [-0.25, -0.2) is 4.98 Å². The van der Waals surface area contributed by atoms with Crippen molar-refractivity contribution < 1.29 is 9.59 Å². The Morgan fingerprint density at radius 2 is 1.96 bits per heavy atom. The number of nitrogens with zero attached hydrogens (tertiary/aromatic N) is 1. The highest BCUT2D eigenvalue weighted by molar-refractivity contribution is 6.31. The van der Waals surface area contributed by atoms with Crippen molar-refractivity contribution in [3.8, 4) is 11.3 Å². The lowest BCUT2D eigenvalue weighted by Gasteiger charge is -2.13. The maximum Gasteiger partial charge on any atom is 0.252 e. The minimum absolute atomic E-state index is 0.155. The molecule has 4 rings (SSSR count). The molecule has 2 amide bonds. The van der Waals surface area contributed by atoms with E-state index >= 15 is 0 Å². The van der Waals surface area contributed by atoms with Gasteiger partial charge in [0, 0.05) is 22.5 Å². The van der Waals surface area contributed by atoms with Crippen molar-refractivity contribution in [1.29, 1.82) is 0 Å². The number of rotatable bonds is 3. The monoisotopic (exact) mass is 365 g/mol. The van der Waals surface area contributed by atoms with Gasteiger partial charge in [0.15, 0.2) is 0 Å². The highest BCUT2D eigenvalue weighted by Crippen LogP contribution is 2.27. The topological polar surface area (TPSA) is 71.1 Å². The molecular formula is C20H16ClN3O2. The summed E-state index contributed by atoms with van der Waals surface area (Å²) >= 11 is 6.12. The third-order valence-corrected chi connectivity index (χ3v) is 4.67. The summed E-state index contributed by atoms with van der Waals surface area (Å²) in [5.41, 5.74) is 2.74. The van der Waals surface area contributed by atoms with Gasteiger partial charge in [0.25, 0.3) is 5.91 Å². The number of hydrogen-bond donors (Lipinski definition) is 2. The van der Waals surface area contributed by atoms with Gasteiger partial charge in [-0.05, 0) is 30.7 Å². The molecular weight excluding hydrogens is 350 g/mol. The number of amides is 2. The average molecular weight is 366 g/mol. The summed E-state index contributed by atoms with van der Waals surface area (Å²) < 4.78 is 0. The van der Waals surface area contributed by atoms with E-state index in [0.29, 0.717) is 40.1 Å². The number of carbonyl (C=O) groups is 2. The van der Waals surface area contributed by atoms with Gasteiger partial charge in [0.2, 0.25) is 5.91 Å². The van der Waals surface area contributed by atoms with Gasteiger partial charge in [0.1, 0.15) is 6.04 Å². The Morgan fingerprint density at radius 1 is 1.15 bits per heavy atom. The maximum atomic E-state index is 12.9. The first-order chi connectivity index (χ1) is 12.6. The Hall–Kier alpha value is -2.92. The third kappa shape index (κ3) is 3.13. The van der Waals surface area contributed by atoms with Crippen LogP contribution in [0.4, 0.5) is 0 Å². The summed E-state index contributed by atoms with van der Waals surface area (Å²) in [5, 5.41) is 6.72. The number of pyridine rings is 1. The van der Waals surface area contributed by atoms with E-state index < -0.39 is 6.04 Å². The maximum absolute atomic E-state index is 12.9. The zero-order chi connectivity index (χ0) is 18.1. The Morgan fingerprint density at radius 3 is 2.69 bits per heavy atom. The predicted octanol–water partition coefficient (Wildman–Crippen LogP) is 3.17. The lowest BCUT2D eigenvalue weighted by atomic mass is 10.0. The van der Waals surface area contributed by atoms with Crippen molar-refractivity contribution >= 4 is 34.3 Å². The first kappa shape index (κ1) is 16.5. The fraction of sp³-hybridized carbons (Fsp3) is 0.150. The van der Waals surface area contributed by atoms with Gasteiger partial charge in [0.05, 0.1) is 16.8 Å². The first-order valence-corrected chi connectivity index (χ1v) is 8.74. The summed E-state index contributed by atoms with van der Waals surface area (Å²) in [6.07, 6.45) is 0.583. The number of aromatic nitrogens is 1. The van der Waals surface area contributed by atoms with Crippen LogP contribution in [0.3, 0.4) is 0 Å². The second kappa shape index (κ2) is 6.77. The molecule has 0 bridgehead atoms. The Balaban J connectivity index is 1.81. The van der Waals surface area contributed by atoms with Crippen molar-refractivity contribution in [2.45, 2.75) is 12.5 Å². The Labute approximate surface area is 155 Å². The fourth-order valence-electron chi connectivity index (χ4n) is 3.11. The molecule has 26 heavy (non-hydrogen) atoms. The molecule has 5 nitrogen and oxygen atoms in total. The van der Waals surface area contributed by atoms with Crippen molar-refractivity contribution in [1.82, 2.24) is 15.6 Å². The van der Waals surface area contributed by atoms with Crippen LogP contribution in [0.2, 0.25) is 5.02 Å². The number of benzene rings is 2. The van der Waals surface area contributed by atoms with E-state index in [4.69, 9.17) is 11.6 Å². The third-order valence-electron chi connectivity index (χ3n) is 4.44. The number of halogens is 1. The predicted molar refractivity (Wildman–Crippen MR) is 101 cm³/mol. The van der Waals surface area contributed by atoms with Crippen LogP contribution >= 0.6 is 11.6 Å². The molecule has 0 unspecified atom stereocenters. The second-order valence-corrected chi connectivity index (χ2v) is 6.62. The van der Waals surface area contributed by atoms with Crippen LogP contribution < -0.4 is 10.6 Å². The minimum Gasteiger partial charge on any atom is -0.354 e. The number of nitrogens with one attached hydrogen (secondary N) is 2. The number of carbonyl (C=O) groups excluding carboxylic acids is 2. The molecule has 1 aliphatic rings. The second-order valence-electron chi connectivity index (χ2n) is 6.19. The molecule has 6 heteroatoms. The zero-order valence-electron chi connectivity index (χ0n) is 13.8. The normalized spacial score (nSPS) is 16.5. The van der Waals surface area contributed by atoms with Crippen LogP contribution in [0.25, 0.3) is 22.2 Å². The SMILES string of the molecule is O=C(N[C@H]1CCNC1=O)c1cc(-c2ccccc2)nc2ccc(Cl)cc12. The zero-order valence-corrected chi connectivity index (χ0v) is 14.6. The molecule has 2 aromatic carbocycles. The number of hydrogen-bond acceptors (Lipinski definition) is 3. The van der Waals surface area contributed by atoms with Crippen molar-refractivity contribution in [2.24, 2.45) is 0 Å². The Kier molecular flexibility index (Phi) is 4.31. The van der Waals surface area contributed by atoms with Gasteiger partial charge in [-0.3, -0.25) is 9.59 Å². The van der Waals surface area contributed by atoms with Crippen LogP contribution in [-0.2, 0) is 4.79 Å². The highest BCUT2D eigenvalue weighted by atomic mass is 35.5. The minimum atomic E-state index is -0.509. The largest absolute Gasteiger partial charge is 0.354 e. The lowest BCUT2D eigenvalue weighted by Crippen LogP contribution is -2.40. The van der Waals surface area contributed by atoms with Crippen molar-refractivity contribution in [3.63, 3.8) is 0 Å².